The molecule has 9 nitrogen and oxygen atoms in total. The molecule has 4 heterocycles. The zero-order chi connectivity index (χ0) is 25.5. The topological polar surface area (TPSA) is 103 Å². The van der Waals surface area contributed by atoms with Crippen LogP contribution in [-0.2, 0) is 17.8 Å². The molecule has 3 aliphatic rings. The summed E-state index contributed by atoms with van der Waals surface area (Å²) in [6.45, 7) is 4.39. The van der Waals surface area contributed by atoms with Crippen LogP contribution >= 0.6 is 0 Å². The molecule has 38 heavy (non-hydrogen) atoms. The van der Waals surface area contributed by atoms with Crippen LogP contribution in [0.5, 0.6) is 0 Å². The molecule has 0 unspecified atom stereocenters. The van der Waals surface area contributed by atoms with Gasteiger partial charge in [-0.3, -0.25) is 14.7 Å². The zero-order valence-corrected chi connectivity index (χ0v) is 21.4. The number of benzene rings is 1. The normalized spacial score (nSPS) is 18.2. The van der Waals surface area contributed by atoms with Gasteiger partial charge >= 0.3 is 0 Å². The van der Waals surface area contributed by atoms with E-state index in [0.29, 0.717) is 24.3 Å². The van der Waals surface area contributed by atoms with Crippen molar-refractivity contribution in [3.05, 3.63) is 66.0 Å². The van der Waals surface area contributed by atoms with Gasteiger partial charge in [-0.25, -0.2) is 15.0 Å². The maximum atomic E-state index is 12.3. The maximum Gasteiger partial charge on any atom is 0.225 e. The van der Waals surface area contributed by atoms with Gasteiger partial charge in [0.1, 0.15) is 18.0 Å². The molecule has 1 saturated heterocycles. The molecule has 194 valence electrons. The van der Waals surface area contributed by atoms with E-state index in [4.69, 9.17) is 4.98 Å². The van der Waals surface area contributed by atoms with Gasteiger partial charge in [0, 0.05) is 74.6 Å². The quantitative estimate of drug-likeness (QED) is 0.375. The van der Waals surface area contributed by atoms with Gasteiger partial charge in [0.15, 0.2) is 0 Å². The molecular weight excluding hydrogens is 476 g/mol. The van der Waals surface area contributed by atoms with E-state index in [1.807, 2.05) is 23.2 Å². The minimum atomic E-state index is 0.309. The van der Waals surface area contributed by atoms with Crippen LogP contribution in [-0.4, -0.2) is 72.8 Å². The number of nitrogens with zero attached hydrogens (tertiary/aromatic N) is 6. The van der Waals surface area contributed by atoms with Crippen LogP contribution in [0.2, 0.25) is 0 Å². The number of carbonyl (C=O) groups is 1. The number of anilines is 1. The smallest absolute Gasteiger partial charge is 0.225 e. The van der Waals surface area contributed by atoms with Gasteiger partial charge in [-0.1, -0.05) is 6.07 Å². The van der Waals surface area contributed by atoms with Gasteiger partial charge in [-0.15, -0.1) is 0 Å². The van der Waals surface area contributed by atoms with Crippen LogP contribution in [0.15, 0.2) is 48.9 Å². The number of imidazole rings is 1. The highest BCUT2D eigenvalue weighted by Crippen LogP contribution is 2.31. The van der Waals surface area contributed by atoms with E-state index >= 15 is 0 Å². The number of aromatic nitrogens is 5. The molecule has 0 bridgehead atoms. The van der Waals surface area contributed by atoms with Crippen molar-refractivity contribution in [3.8, 4) is 11.3 Å². The standard InChI is InChI=1S/C29H32N8O/c38-29(20-1-2-20)37-11-9-36(10-12-37)17-19-7-8-30-23(13-19)15-28-34-24-6-3-21(14-26(24)35-28)25-16-27(32-18-31-25)33-22-4-5-22/h3,6-8,13-14,16,18,20,22H,1-2,4-5,9-12,15,17H2,(H,34,35)(H,31,32,33). The molecule has 7 rings (SSSR count). The molecular formula is C29H32N8O. The lowest BCUT2D eigenvalue weighted by Gasteiger charge is -2.35. The predicted molar refractivity (Wildman–Crippen MR) is 145 cm³/mol. The van der Waals surface area contributed by atoms with Gasteiger partial charge in [0.25, 0.3) is 0 Å². The van der Waals surface area contributed by atoms with E-state index in [2.05, 4.69) is 54.4 Å². The van der Waals surface area contributed by atoms with Crippen molar-refractivity contribution in [2.24, 2.45) is 5.92 Å². The molecule has 0 radical (unpaired) electrons. The summed E-state index contributed by atoms with van der Waals surface area (Å²) in [5.41, 5.74) is 6.10. The molecule has 4 aromatic rings. The summed E-state index contributed by atoms with van der Waals surface area (Å²) in [5.74, 6) is 2.44. The number of nitrogens with one attached hydrogen (secondary N) is 2. The van der Waals surface area contributed by atoms with Crippen molar-refractivity contribution in [2.75, 3.05) is 31.5 Å². The van der Waals surface area contributed by atoms with E-state index in [0.717, 1.165) is 85.2 Å². The van der Waals surface area contributed by atoms with Crippen LogP contribution in [0.4, 0.5) is 5.82 Å². The van der Waals surface area contributed by atoms with Crippen LogP contribution in [0.1, 0.15) is 42.8 Å². The van der Waals surface area contributed by atoms with Gasteiger partial charge in [-0.2, -0.15) is 0 Å². The van der Waals surface area contributed by atoms with E-state index in [9.17, 15) is 4.79 Å². The molecule has 9 heteroatoms. The molecule has 0 spiro atoms. The Morgan fingerprint density at radius 3 is 2.66 bits per heavy atom. The molecule has 3 aromatic heterocycles. The number of amides is 1. The van der Waals surface area contributed by atoms with E-state index < -0.39 is 0 Å². The maximum absolute atomic E-state index is 12.3. The first-order valence-electron chi connectivity index (χ1n) is 13.7. The number of hydrogen-bond acceptors (Lipinski definition) is 7. The first-order valence-corrected chi connectivity index (χ1v) is 13.7. The van der Waals surface area contributed by atoms with Crippen molar-refractivity contribution in [3.63, 3.8) is 0 Å². The Morgan fingerprint density at radius 1 is 0.974 bits per heavy atom. The third kappa shape index (κ3) is 5.24. The van der Waals surface area contributed by atoms with Crippen LogP contribution in [0, 0.1) is 5.92 Å². The predicted octanol–water partition coefficient (Wildman–Crippen LogP) is 3.63. The number of piperazine rings is 1. The molecule has 2 N–H and O–H groups in total. The summed E-state index contributed by atoms with van der Waals surface area (Å²) in [6, 6.07) is 13.0. The van der Waals surface area contributed by atoms with Crippen molar-refractivity contribution < 1.29 is 4.79 Å². The Balaban J connectivity index is 1.01. The van der Waals surface area contributed by atoms with Crippen LogP contribution < -0.4 is 5.32 Å². The van der Waals surface area contributed by atoms with Crippen molar-refractivity contribution in [2.45, 2.75) is 44.7 Å². The zero-order valence-electron chi connectivity index (χ0n) is 21.4. The van der Waals surface area contributed by atoms with Crippen molar-refractivity contribution >= 4 is 22.8 Å². The minimum Gasteiger partial charge on any atom is -0.367 e. The first kappa shape index (κ1) is 23.3. The largest absolute Gasteiger partial charge is 0.367 e. The molecule has 2 saturated carbocycles. The van der Waals surface area contributed by atoms with Crippen LogP contribution in [0.25, 0.3) is 22.3 Å². The number of rotatable bonds is 8. The summed E-state index contributed by atoms with van der Waals surface area (Å²) in [7, 11) is 0. The second-order valence-corrected chi connectivity index (χ2v) is 10.8. The van der Waals surface area contributed by atoms with Gasteiger partial charge in [-0.05, 0) is 55.5 Å². The van der Waals surface area contributed by atoms with Crippen molar-refractivity contribution in [1.29, 1.82) is 0 Å². The average Bonchev–Trinajstić information content (AvgIpc) is 3.87. The Hall–Kier alpha value is -3.85. The molecule has 1 aromatic carbocycles. The number of fused-ring (bicyclic) bond motifs is 1. The van der Waals surface area contributed by atoms with Gasteiger partial charge < -0.3 is 15.2 Å². The lowest BCUT2D eigenvalue weighted by atomic mass is 10.1. The number of aromatic amines is 1. The summed E-state index contributed by atoms with van der Waals surface area (Å²) < 4.78 is 0. The monoisotopic (exact) mass is 508 g/mol. The Labute approximate surface area is 221 Å². The highest BCUT2D eigenvalue weighted by atomic mass is 16.2. The fourth-order valence-electron chi connectivity index (χ4n) is 5.20. The van der Waals surface area contributed by atoms with E-state index in [1.54, 1.807) is 6.33 Å². The van der Waals surface area contributed by atoms with Gasteiger partial charge in [0.05, 0.1) is 16.7 Å². The molecule has 1 aliphatic heterocycles. The number of pyridine rings is 1. The lowest BCUT2D eigenvalue weighted by Crippen LogP contribution is -2.48. The summed E-state index contributed by atoms with van der Waals surface area (Å²) in [4.78, 5) is 38.5. The van der Waals surface area contributed by atoms with Crippen LogP contribution in [0.3, 0.4) is 0 Å². The number of carbonyl (C=O) groups excluding carboxylic acids is 1. The summed E-state index contributed by atoms with van der Waals surface area (Å²) >= 11 is 0. The van der Waals surface area contributed by atoms with Gasteiger partial charge in [0.2, 0.25) is 5.91 Å². The fourth-order valence-corrected chi connectivity index (χ4v) is 5.20. The Morgan fingerprint density at radius 2 is 1.84 bits per heavy atom. The molecule has 3 fully saturated rings. The number of H-pyrrole nitrogens is 1. The van der Waals surface area contributed by atoms with E-state index in [-0.39, 0.29) is 0 Å². The highest BCUT2D eigenvalue weighted by molar-refractivity contribution is 5.82. The average molecular weight is 509 g/mol. The lowest BCUT2D eigenvalue weighted by molar-refractivity contribution is -0.134. The highest BCUT2D eigenvalue weighted by Gasteiger charge is 2.34. The Bertz CT molecular complexity index is 1470. The molecule has 0 atom stereocenters. The first-order chi connectivity index (χ1) is 18.7. The molecule has 2 aliphatic carbocycles. The minimum absolute atomic E-state index is 0.309. The number of hydrogen-bond donors (Lipinski definition) is 2. The fraction of sp³-hybridized carbons (Fsp3) is 0.414. The summed E-state index contributed by atoms with van der Waals surface area (Å²) in [6.07, 6.45) is 8.72. The van der Waals surface area contributed by atoms with Crippen molar-refractivity contribution in [1.82, 2.24) is 34.7 Å². The second-order valence-electron chi connectivity index (χ2n) is 10.8. The van der Waals surface area contributed by atoms with E-state index in [1.165, 1.54) is 18.4 Å². The second kappa shape index (κ2) is 9.79. The molecule has 1 amide bonds. The third-order valence-electron chi connectivity index (χ3n) is 7.67. The summed E-state index contributed by atoms with van der Waals surface area (Å²) in [5, 5.41) is 3.44. The Kier molecular flexibility index (Phi) is 6.00. The SMILES string of the molecule is O=C(C1CC1)N1CCN(Cc2ccnc(Cc3nc4ccc(-c5cc(NC6CC6)ncn5)cc4[nH]3)c2)CC1. The third-order valence-corrected chi connectivity index (χ3v) is 7.67.